The van der Waals surface area contributed by atoms with E-state index in [1.807, 2.05) is 28.7 Å². The second-order valence-electron chi connectivity index (χ2n) is 6.05. The van der Waals surface area contributed by atoms with Gasteiger partial charge in [0.15, 0.2) is 11.5 Å². The van der Waals surface area contributed by atoms with Crippen LogP contribution in [0.1, 0.15) is 5.56 Å². The Hall–Kier alpha value is -3.55. The average molecular weight is 384 g/mol. The minimum absolute atomic E-state index is 0.279. The largest absolute Gasteiger partial charge is 0.497 e. The normalized spacial score (nSPS) is 11.6. The van der Waals surface area contributed by atoms with Crippen LogP contribution in [0.25, 0.3) is 16.9 Å². The molecule has 28 heavy (non-hydrogen) atoms. The van der Waals surface area contributed by atoms with Crippen molar-refractivity contribution in [2.45, 2.75) is 6.18 Å². The third-order valence-corrected chi connectivity index (χ3v) is 4.25. The lowest BCUT2D eigenvalue weighted by Gasteiger charge is -2.11. The van der Waals surface area contributed by atoms with E-state index in [0.29, 0.717) is 17.2 Å². The van der Waals surface area contributed by atoms with Crippen LogP contribution in [0.15, 0.2) is 67.1 Å². The van der Waals surface area contributed by atoms with Crippen molar-refractivity contribution < 1.29 is 17.9 Å². The first kappa shape index (κ1) is 17.8. The molecule has 4 aromatic rings. The Morgan fingerprint density at radius 2 is 1.86 bits per heavy atom. The molecule has 0 atom stereocenters. The summed E-state index contributed by atoms with van der Waals surface area (Å²) < 4.78 is 45.9. The maximum absolute atomic E-state index is 12.9. The lowest BCUT2D eigenvalue weighted by atomic mass is 10.1. The molecule has 2 aromatic heterocycles. The standard InChI is InChI=1S/C20H15F3N4O/c1-28-16-7-2-4-13(10-16)17-12-25-19-18(24-8-9-27(17)19)26-15-6-3-5-14(11-15)20(21,22)23/h2-12H,1H3,(H,24,26). The minimum atomic E-state index is -4.41. The average Bonchev–Trinajstić information content (AvgIpc) is 3.13. The number of aromatic nitrogens is 3. The molecule has 8 heteroatoms. The van der Waals surface area contributed by atoms with Crippen molar-refractivity contribution in [2.75, 3.05) is 12.4 Å². The molecule has 2 aromatic carbocycles. The van der Waals surface area contributed by atoms with Crippen molar-refractivity contribution in [3.63, 3.8) is 0 Å². The summed E-state index contributed by atoms with van der Waals surface area (Å²) in [5.41, 5.74) is 1.75. The number of halogens is 3. The molecule has 5 nitrogen and oxygen atoms in total. The predicted molar refractivity (Wildman–Crippen MR) is 99.7 cm³/mol. The highest BCUT2D eigenvalue weighted by Gasteiger charge is 2.30. The Bertz CT molecular complexity index is 1140. The first-order valence-electron chi connectivity index (χ1n) is 8.36. The van der Waals surface area contributed by atoms with Crippen molar-refractivity contribution in [1.29, 1.82) is 0 Å². The van der Waals surface area contributed by atoms with Crippen molar-refractivity contribution in [2.24, 2.45) is 0 Å². The lowest BCUT2D eigenvalue weighted by Crippen LogP contribution is -2.05. The summed E-state index contributed by atoms with van der Waals surface area (Å²) >= 11 is 0. The van der Waals surface area contributed by atoms with Crippen LogP contribution in [-0.4, -0.2) is 21.5 Å². The van der Waals surface area contributed by atoms with E-state index in [0.717, 1.165) is 23.4 Å². The Morgan fingerprint density at radius 3 is 2.64 bits per heavy atom. The number of rotatable bonds is 4. The summed E-state index contributed by atoms with van der Waals surface area (Å²) in [7, 11) is 1.59. The van der Waals surface area contributed by atoms with Crippen molar-refractivity contribution in [3.8, 4) is 17.0 Å². The van der Waals surface area contributed by atoms with Gasteiger partial charge in [-0.15, -0.1) is 0 Å². The van der Waals surface area contributed by atoms with E-state index in [1.54, 1.807) is 31.8 Å². The fraction of sp³-hybridized carbons (Fsp3) is 0.100. The topological polar surface area (TPSA) is 51.5 Å². The second kappa shape index (κ2) is 6.88. The van der Waals surface area contributed by atoms with Gasteiger partial charge in [-0.25, -0.2) is 9.97 Å². The van der Waals surface area contributed by atoms with Crippen LogP contribution < -0.4 is 10.1 Å². The molecule has 1 N–H and O–H groups in total. The number of methoxy groups -OCH3 is 1. The highest BCUT2D eigenvalue weighted by atomic mass is 19.4. The summed E-state index contributed by atoms with van der Waals surface area (Å²) in [6, 6.07) is 12.5. The van der Waals surface area contributed by atoms with Crippen LogP contribution in [0, 0.1) is 0 Å². The highest BCUT2D eigenvalue weighted by Crippen LogP contribution is 2.32. The van der Waals surface area contributed by atoms with E-state index in [-0.39, 0.29) is 5.69 Å². The molecule has 0 fully saturated rings. The van der Waals surface area contributed by atoms with Crippen molar-refractivity contribution >= 4 is 17.2 Å². The molecule has 0 bridgehead atoms. The second-order valence-corrected chi connectivity index (χ2v) is 6.05. The van der Waals surface area contributed by atoms with Crippen molar-refractivity contribution in [1.82, 2.24) is 14.4 Å². The Kier molecular flexibility index (Phi) is 4.38. The summed E-state index contributed by atoms with van der Waals surface area (Å²) in [6.45, 7) is 0. The van der Waals surface area contributed by atoms with Crippen LogP contribution >= 0.6 is 0 Å². The van der Waals surface area contributed by atoms with Gasteiger partial charge in [-0.2, -0.15) is 13.2 Å². The van der Waals surface area contributed by atoms with Gasteiger partial charge in [-0.3, -0.25) is 4.40 Å². The Labute approximate surface area is 158 Å². The summed E-state index contributed by atoms with van der Waals surface area (Å²) in [4.78, 5) is 8.63. The summed E-state index contributed by atoms with van der Waals surface area (Å²) in [5.74, 6) is 1.07. The van der Waals surface area contributed by atoms with E-state index < -0.39 is 11.7 Å². The highest BCUT2D eigenvalue weighted by molar-refractivity contribution is 5.74. The Morgan fingerprint density at radius 1 is 1.04 bits per heavy atom. The molecule has 0 aliphatic rings. The number of anilines is 2. The van der Waals surface area contributed by atoms with Gasteiger partial charge in [0, 0.05) is 23.6 Å². The SMILES string of the molecule is COc1cccc(-c2cnc3c(Nc4cccc(C(F)(F)F)c4)nccn23)c1. The number of nitrogens with one attached hydrogen (secondary N) is 1. The summed E-state index contributed by atoms with van der Waals surface area (Å²) in [5, 5.41) is 2.93. The van der Waals surface area contributed by atoms with Crippen LogP contribution in [0.4, 0.5) is 24.7 Å². The van der Waals surface area contributed by atoms with Gasteiger partial charge in [0.1, 0.15) is 5.75 Å². The van der Waals surface area contributed by atoms with Crippen LogP contribution in [0.5, 0.6) is 5.75 Å². The molecule has 0 spiro atoms. The number of imidazole rings is 1. The maximum Gasteiger partial charge on any atom is 0.416 e. The summed E-state index contributed by atoms with van der Waals surface area (Å²) in [6.07, 6.45) is 0.579. The zero-order valence-corrected chi connectivity index (χ0v) is 14.7. The van der Waals surface area contributed by atoms with Crippen LogP contribution in [-0.2, 0) is 6.18 Å². The van der Waals surface area contributed by atoms with Crippen molar-refractivity contribution in [3.05, 3.63) is 72.7 Å². The van der Waals surface area contributed by atoms with Gasteiger partial charge >= 0.3 is 6.18 Å². The van der Waals surface area contributed by atoms with E-state index in [1.165, 1.54) is 6.07 Å². The van der Waals surface area contributed by atoms with Crippen LogP contribution in [0.3, 0.4) is 0 Å². The molecule has 0 radical (unpaired) electrons. The molecule has 0 amide bonds. The molecule has 142 valence electrons. The van der Waals surface area contributed by atoms with E-state index in [2.05, 4.69) is 15.3 Å². The van der Waals surface area contributed by atoms with Gasteiger partial charge in [0.05, 0.1) is 24.6 Å². The maximum atomic E-state index is 12.9. The lowest BCUT2D eigenvalue weighted by molar-refractivity contribution is -0.137. The monoisotopic (exact) mass is 384 g/mol. The number of fused-ring (bicyclic) bond motifs is 1. The molecule has 0 saturated carbocycles. The molecule has 0 unspecified atom stereocenters. The number of benzene rings is 2. The molecule has 2 heterocycles. The number of hydrogen-bond acceptors (Lipinski definition) is 4. The fourth-order valence-electron chi connectivity index (χ4n) is 2.91. The van der Waals surface area contributed by atoms with Gasteiger partial charge < -0.3 is 10.1 Å². The number of alkyl halides is 3. The minimum Gasteiger partial charge on any atom is -0.497 e. The smallest absolute Gasteiger partial charge is 0.416 e. The van der Waals surface area contributed by atoms with Gasteiger partial charge in [-0.05, 0) is 30.3 Å². The molecule has 0 aliphatic heterocycles. The first-order chi connectivity index (χ1) is 13.5. The molecular formula is C20H15F3N4O. The number of hydrogen-bond donors (Lipinski definition) is 1. The van der Waals surface area contributed by atoms with Gasteiger partial charge in [-0.1, -0.05) is 18.2 Å². The zero-order valence-electron chi connectivity index (χ0n) is 14.7. The predicted octanol–water partition coefficient (Wildman–Crippen LogP) is 5.17. The van der Waals surface area contributed by atoms with E-state index in [9.17, 15) is 13.2 Å². The van der Waals surface area contributed by atoms with E-state index in [4.69, 9.17) is 4.74 Å². The third-order valence-electron chi connectivity index (χ3n) is 4.25. The third kappa shape index (κ3) is 3.36. The number of nitrogens with zero attached hydrogens (tertiary/aromatic N) is 3. The van der Waals surface area contributed by atoms with Gasteiger partial charge in [0.25, 0.3) is 0 Å². The number of ether oxygens (including phenoxy) is 1. The molecule has 0 saturated heterocycles. The fourth-order valence-corrected chi connectivity index (χ4v) is 2.91. The van der Waals surface area contributed by atoms with E-state index >= 15 is 0 Å². The Balaban J connectivity index is 1.73. The molecule has 0 aliphatic carbocycles. The zero-order chi connectivity index (χ0) is 19.7. The van der Waals surface area contributed by atoms with Gasteiger partial charge in [0.2, 0.25) is 0 Å². The molecular weight excluding hydrogens is 369 g/mol. The quantitative estimate of drug-likeness (QED) is 0.528. The molecule has 4 rings (SSSR count). The first-order valence-corrected chi connectivity index (χ1v) is 8.36. The van der Waals surface area contributed by atoms with Crippen LogP contribution in [0.2, 0.25) is 0 Å².